The van der Waals surface area contributed by atoms with Crippen LogP contribution in [-0.4, -0.2) is 12.1 Å². The molecule has 1 aliphatic rings. The molecule has 7 heteroatoms. The van der Waals surface area contributed by atoms with Crippen LogP contribution in [0.25, 0.3) is 0 Å². The highest BCUT2D eigenvalue weighted by Crippen LogP contribution is 2.45. The number of nitrogens with zero attached hydrogens (tertiary/aromatic N) is 1. The highest BCUT2D eigenvalue weighted by molar-refractivity contribution is 7.16. The summed E-state index contributed by atoms with van der Waals surface area (Å²) in [4.78, 5) is 19.5. The molecule has 0 saturated heterocycles. The summed E-state index contributed by atoms with van der Waals surface area (Å²) in [6.07, 6.45) is 6.35. The third-order valence-corrected chi connectivity index (χ3v) is 8.77. The number of fused-ring (bicyclic) bond motifs is 1. The molecule has 1 N–H and O–H groups in total. The number of thiophene rings is 1. The summed E-state index contributed by atoms with van der Waals surface area (Å²) in [6.45, 7) is 7.62. The van der Waals surface area contributed by atoms with Crippen LogP contribution in [0, 0.1) is 11.3 Å². The molecule has 5 nitrogen and oxygen atoms in total. The van der Waals surface area contributed by atoms with Gasteiger partial charge in [-0.3, -0.25) is 4.79 Å². The number of carbonyl (C=O) groups is 1. The number of aliphatic imine (C=N–C) groups is 1. The van der Waals surface area contributed by atoms with Gasteiger partial charge in [-0.1, -0.05) is 62.7 Å². The molecule has 1 aliphatic carbocycles. The number of nitrogens with one attached hydrogen (secondary N) is 1. The Morgan fingerprint density at radius 1 is 1.18 bits per heavy atom. The van der Waals surface area contributed by atoms with Gasteiger partial charge in [0, 0.05) is 21.7 Å². The molecular formula is C32H33ClN2O3S. The Kier molecular flexibility index (Phi) is 8.24. The summed E-state index contributed by atoms with van der Waals surface area (Å²) in [5.74, 6) is 1.92. The minimum absolute atomic E-state index is 0.109. The second-order valence-electron chi connectivity index (χ2n) is 11.0. The van der Waals surface area contributed by atoms with Crippen molar-refractivity contribution in [2.75, 3.05) is 0 Å². The third kappa shape index (κ3) is 6.63. The summed E-state index contributed by atoms with van der Waals surface area (Å²) < 4.78 is 11.4. The van der Waals surface area contributed by atoms with E-state index < -0.39 is 0 Å². The summed E-state index contributed by atoms with van der Waals surface area (Å²) in [5, 5.41) is 4.46. The monoisotopic (exact) mass is 560 g/mol. The van der Waals surface area contributed by atoms with Crippen LogP contribution >= 0.6 is 22.9 Å². The molecule has 0 unspecified atom stereocenters. The van der Waals surface area contributed by atoms with Crippen LogP contribution in [0.3, 0.4) is 0 Å². The van der Waals surface area contributed by atoms with E-state index in [1.165, 1.54) is 4.88 Å². The van der Waals surface area contributed by atoms with Gasteiger partial charge in [-0.05, 0) is 72.1 Å². The molecule has 0 aliphatic heterocycles. The lowest BCUT2D eigenvalue weighted by atomic mass is 9.72. The van der Waals surface area contributed by atoms with E-state index in [4.69, 9.17) is 25.7 Å². The van der Waals surface area contributed by atoms with Crippen molar-refractivity contribution in [2.24, 2.45) is 16.3 Å². The molecule has 1 atom stereocenters. The zero-order valence-corrected chi connectivity index (χ0v) is 24.1. The highest BCUT2D eigenvalue weighted by Gasteiger charge is 2.33. The molecule has 1 amide bonds. The van der Waals surface area contributed by atoms with Gasteiger partial charge < -0.3 is 14.5 Å². The van der Waals surface area contributed by atoms with Gasteiger partial charge in [0.25, 0.3) is 5.91 Å². The Hall–Kier alpha value is -3.35. The first-order chi connectivity index (χ1) is 18.8. The van der Waals surface area contributed by atoms with Gasteiger partial charge in [-0.25, -0.2) is 4.99 Å². The fourth-order valence-corrected chi connectivity index (χ4v) is 6.36. The standard InChI is InChI=1S/C32H33ClN2O3S/c1-32(2,3)23-13-14-26-28(17-23)39-31(29(26)30(36)34-19-25-11-7-15-37-25)35-18-21-8-6-10-24(16-21)38-20-22-9-4-5-12-27(22)33/h4-12,15-16,18,23H,13-14,17,19-20H2,1-3H3,(H,34,36)/t23-/m1/s1. The van der Waals surface area contributed by atoms with Crippen LogP contribution in [0.5, 0.6) is 5.75 Å². The molecule has 2 aromatic carbocycles. The lowest BCUT2D eigenvalue weighted by Gasteiger charge is -2.33. The maximum Gasteiger partial charge on any atom is 0.255 e. The van der Waals surface area contributed by atoms with Crippen molar-refractivity contribution in [1.29, 1.82) is 0 Å². The third-order valence-electron chi connectivity index (χ3n) is 7.24. The van der Waals surface area contributed by atoms with Gasteiger partial charge in [0.2, 0.25) is 0 Å². The van der Waals surface area contributed by atoms with Crippen LogP contribution in [0.2, 0.25) is 5.02 Å². The van der Waals surface area contributed by atoms with Gasteiger partial charge in [0.15, 0.2) is 0 Å². The number of hydrogen-bond donors (Lipinski definition) is 1. The van der Waals surface area contributed by atoms with Gasteiger partial charge >= 0.3 is 0 Å². The molecule has 202 valence electrons. The first-order valence-electron chi connectivity index (χ1n) is 13.2. The molecule has 5 rings (SSSR count). The number of halogens is 1. The maximum absolute atomic E-state index is 13.4. The van der Waals surface area contributed by atoms with Crippen molar-refractivity contribution in [3.63, 3.8) is 0 Å². The molecule has 0 spiro atoms. The Morgan fingerprint density at radius 3 is 2.79 bits per heavy atom. The Bertz CT molecular complexity index is 1470. The lowest BCUT2D eigenvalue weighted by molar-refractivity contribution is 0.0947. The number of benzene rings is 2. The second-order valence-corrected chi connectivity index (χ2v) is 12.5. The van der Waals surface area contributed by atoms with E-state index in [-0.39, 0.29) is 11.3 Å². The summed E-state index contributed by atoms with van der Waals surface area (Å²) in [7, 11) is 0. The topological polar surface area (TPSA) is 63.8 Å². The van der Waals surface area contributed by atoms with Crippen molar-refractivity contribution in [3.05, 3.63) is 105 Å². The molecule has 0 saturated carbocycles. The molecular weight excluding hydrogens is 528 g/mol. The van der Waals surface area contributed by atoms with E-state index in [2.05, 4.69) is 26.1 Å². The van der Waals surface area contributed by atoms with Crippen LogP contribution < -0.4 is 10.1 Å². The minimum atomic E-state index is -0.109. The minimum Gasteiger partial charge on any atom is -0.489 e. The first-order valence-corrected chi connectivity index (χ1v) is 14.4. The summed E-state index contributed by atoms with van der Waals surface area (Å²) in [6, 6.07) is 19.1. The zero-order chi connectivity index (χ0) is 27.4. The molecule has 2 aromatic heterocycles. The first kappa shape index (κ1) is 27.2. The molecule has 0 radical (unpaired) electrons. The number of ether oxygens (including phenoxy) is 1. The fraction of sp³-hybridized carbons (Fsp3) is 0.312. The molecule has 39 heavy (non-hydrogen) atoms. The van der Waals surface area contributed by atoms with E-state index in [0.29, 0.717) is 29.7 Å². The van der Waals surface area contributed by atoms with Crippen LogP contribution in [0.4, 0.5) is 5.00 Å². The summed E-state index contributed by atoms with van der Waals surface area (Å²) in [5.41, 5.74) is 3.88. The number of carbonyl (C=O) groups excluding carboxylic acids is 1. The predicted molar refractivity (Wildman–Crippen MR) is 159 cm³/mol. The largest absolute Gasteiger partial charge is 0.489 e. The smallest absolute Gasteiger partial charge is 0.255 e. The van der Waals surface area contributed by atoms with Gasteiger partial charge in [-0.2, -0.15) is 0 Å². The van der Waals surface area contributed by atoms with E-state index in [9.17, 15) is 4.79 Å². The highest BCUT2D eigenvalue weighted by atomic mass is 35.5. The van der Waals surface area contributed by atoms with Gasteiger partial charge in [-0.15, -0.1) is 11.3 Å². The molecule has 2 heterocycles. The Balaban J connectivity index is 1.38. The molecule has 0 bridgehead atoms. The lowest BCUT2D eigenvalue weighted by Crippen LogP contribution is -2.28. The SMILES string of the molecule is CC(C)(C)[C@@H]1CCc2c(sc(N=Cc3cccc(OCc4ccccc4Cl)c3)c2C(=O)NCc2ccco2)C1. The van der Waals surface area contributed by atoms with Crippen molar-refractivity contribution in [3.8, 4) is 5.75 Å². The Morgan fingerprint density at radius 2 is 2.03 bits per heavy atom. The van der Waals surface area contributed by atoms with Crippen LogP contribution in [0.1, 0.15) is 64.9 Å². The number of rotatable bonds is 8. The molecule has 0 fully saturated rings. The van der Waals surface area contributed by atoms with Crippen LogP contribution in [0.15, 0.2) is 76.3 Å². The Labute approximate surface area is 238 Å². The van der Waals surface area contributed by atoms with E-state index in [0.717, 1.165) is 52.5 Å². The average Bonchev–Trinajstić information content (AvgIpc) is 3.57. The second kappa shape index (κ2) is 11.8. The fourth-order valence-electron chi connectivity index (χ4n) is 4.90. The van der Waals surface area contributed by atoms with Crippen molar-refractivity contribution < 1.29 is 13.9 Å². The normalized spacial score (nSPS) is 15.3. The van der Waals surface area contributed by atoms with E-state index >= 15 is 0 Å². The average molecular weight is 561 g/mol. The molecule has 4 aromatic rings. The predicted octanol–water partition coefficient (Wildman–Crippen LogP) is 8.41. The maximum atomic E-state index is 13.4. The van der Waals surface area contributed by atoms with Crippen molar-refractivity contribution in [1.82, 2.24) is 5.32 Å². The van der Waals surface area contributed by atoms with Crippen molar-refractivity contribution >= 4 is 40.1 Å². The zero-order valence-electron chi connectivity index (χ0n) is 22.5. The number of furan rings is 1. The van der Waals surface area contributed by atoms with Crippen LogP contribution in [-0.2, 0) is 26.0 Å². The summed E-state index contributed by atoms with van der Waals surface area (Å²) >= 11 is 7.91. The van der Waals surface area contributed by atoms with Crippen molar-refractivity contribution in [2.45, 2.75) is 53.2 Å². The number of hydrogen-bond acceptors (Lipinski definition) is 5. The van der Waals surface area contributed by atoms with Gasteiger partial charge in [0.05, 0.1) is 18.4 Å². The van der Waals surface area contributed by atoms with Gasteiger partial charge in [0.1, 0.15) is 23.1 Å². The number of amides is 1. The van der Waals surface area contributed by atoms with E-state index in [1.54, 1.807) is 17.6 Å². The quantitative estimate of drug-likeness (QED) is 0.220. The van der Waals surface area contributed by atoms with E-state index in [1.807, 2.05) is 66.9 Å².